The standard InChI is InChI=1S/C14H22N2O/c1-11-6-7-13(9-15-11)16-8-4-5-12(10-16)14(2,3)17/h6-7,9,12,17H,4-5,8,10H2,1-3H3/t12-/m0/s1. The first-order valence-corrected chi connectivity index (χ1v) is 6.37. The van der Waals surface area contributed by atoms with Gasteiger partial charge in [-0.3, -0.25) is 4.98 Å². The van der Waals surface area contributed by atoms with Gasteiger partial charge in [-0.25, -0.2) is 0 Å². The van der Waals surface area contributed by atoms with E-state index in [0.29, 0.717) is 5.92 Å². The maximum absolute atomic E-state index is 10.1. The molecule has 3 nitrogen and oxygen atoms in total. The molecule has 1 aromatic heterocycles. The van der Waals surface area contributed by atoms with Gasteiger partial charge < -0.3 is 10.0 Å². The molecule has 0 radical (unpaired) electrons. The zero-order valence-electron chi connectivity index (χ0n) is 11.0. The fraction of sp³-hybridized carbons (Fsp3) is 0.643. The van der Waals surface area contributed by atoms with Crippen LogP contribution in [0.1, 0.15) is 32.4 Å². The molecule has 94 valence electrons. The molecule has 17 heavy (non-hydrogen) atoms. The summed E-state index contributed by atoms with van der Waals surface area (Å²) in [6.45, 7) is 7.81. The molecule has 0 aliphatic carbocycles. The summed E-state index contributed by atoms with van der Waals surface area (Å²) >= 11 is 0. The molecular weight excluding hydrogens is 212 g/mol. The van der Waals surface area contributed by atoms with Crippen molar-refractivity contribution in [1.82, 2.24) is 4.98 Å². The van der Waals surface area contributed by atoms with E-state index in [-0.39, 0.29) is 0 Å². The van der Waals surface area contributed by atoms with Gasteiger partial charge in [0.05, 0.1) is 17.5 Å². The van der Waals surface area contributed by atoms with Crippen LogP contribution in [0.3, 0.4) is 0 Å². The highest BCUT2D eigenvalue weighted by atomic mass is 16.3. The van der Waals surface area contributed by atoms with Gasteiger partial charge in [-0.1, -0.05) is 0 Å². The highest BCUT2D eigenvalue weighted by molar-refractivity contribution is 5.45. The Bertz CT molecular complexity index is 367. The molecule has 0 spiro atoms. The lowest BCUT2D eigenvalue weighted by atomic mass is 9.84. The molecule has 0 saturated carbocycles. The van der Waals surface area contributed by atoms with Crippen molar-refractivity contribution in [2.24, 2.45) is 5.92 Å². The van der Waals surface area contributed by atoms with Crippen molar-refractivity contribution in [2.75, 3.05) is 18.0 Å². The van der Waals surface area contributed by atoms with E-state index in [0.717, 1.165) is 31.6 Å². The fourth-order valence-electron chi connectivity index (χ4n) is 2.44. The normalized spacial score (nSPS) is 21.6. The summed E-state index contributed by atoms with van der Waals surface area (Å²) in [6.07, 6.45) is 4.18. The third kappa shape index (κ3) is 2.97. The molecule has 0 bridgehead atoms. The second-order valence-corrected chi connectivity index (χ2v) is 5.60. The Morgan fingerprint density at radius 2 is 2.18 bits per heavy atom. The Morgan fingerprint density at radius 1 is 1.41 bits per heavy atom. The van der Waals surface area contributed by atoms with Crippen LogP contribution in [0.5, 0.6) is 0 Å². The molecular formula is C14H22N2O. The van der Waals surface area contributed by atoms with Crippen LogP contribution in [0.2, 0.25) is 0 Å². The van der Waals surface area contributed by atoms with E-state index in [1.807, 2.05) is 33.0 Å². The van der Waals surface area contributed by atoms with E-state index in [1.54, 1.807) is 0 Å². The summed E-state index contributed by atoms with van der Waals surface area (Å²) in [5, 5.41) is 10.1. The molecule has 2 heterocycles. The van der Waals surface area contributed by atoms with E-state index in [1.165, 1.54) is 5.69 Å². The second-order valence-electron chi connectivity index (χ2n) is 5.60. The van der Waals surface area contributed by atoms with E-state index >= 15 is 0 Å². The van der Waals surface area contributed by atoms with E-state index in [9.17, 15) is 5.11 Å². The maximum Gasteiger partial charge on any atom is 0.0636 e. The number of aryl methyl sites for hydroxylation is 1. The molecule has 0 unspecified atom stereocenters. The molecule has 1 aromatic rings. The SMILES string of the molecule is Cc1ccc(N2CCC[C@H](C(C)(C)O)C2)cn1. The summed E-state index contributed by atoms with van der Waals surface area (Å²) in [7, 11) is 0. The van der Waals surface area contributed by atoms with Gasteiger partial charge in [-0.15, -0.1) is 0 Å². The van der Waals surface area contributed by atoms with Crippen LogP contribution in [0.15, 0.2) is 18.3 Å². The van der Waals surface area contributed by atoms with Crippen molar-refractivity contribution < 1.29 is 5.11 Å². The first-order valence-electron chi connectivity index (χ1n) is 6.37. The van der Waals surface area contributed by atoms with Crippen LogP contribution >= 0.6 is 0 Å². The predicted molar refractivity (Wildman–Crippen MR) is 70.2 cm³/mol. The van der Waals surface area contributed by atoms with Crippen molar-refractivity contribution in [1.29, 1.82) is 0 Å². The van der Waals surface area contributed by atoms with Crippen LogP contribution in [0.4, 0.5) is 5.69 Å². The Kier molecular flexibility index (Phi) is 3.38. The number of nitrogens with zero attached hydrogens (tertiary/aromatic N) is 2. The lowest BCUT2D eigenvalue weighted by molar-refractivity contribution is 0.0110. The van der Waals surface area contributed by atoms with Crippen LogP contribution < -0.4 is 4.90 Å². The number of anilines is 1. The van der Waals surface area contributed by atoms with Crippen molar-refractivity contribution in [3.63, 3.8) is 0 Å². The zero-order chi connectivity index (χ0) is 12.5. The van der Waals surface area contributed by atoms with Gasteiger partial charge in [-0.2, -0.15) is 0 Å². The molecule has 1 saturated heterocycles. The Hall–Kier alpha value is -1.09. The smallest absolute Gasteiger partial charge is 0.0636 e. The van der Waals surface area contributed by atoms with Crippen LogP contribution in [0, 0.1) is 12.8 Å². The minimum atomic E-state index is -0.587. The number of aromatic nitrogens is 1. The third-order valence-electron chi connectivity index (χ3n) is 3.68. The summed E-state index contributed by atoms with van der Waals surface area (Å²) in [6, 6.07) is 4.16. The van der Waals surface area contributed by atoms with Crippen LogP contribution in [-0.4, -0.2) is 28.8 Å². The Morgan fingerprint density at radius 3 is 2.76 bits per heavy atom. The summed E-state index contributed by atoms with van der Waals surface area (Å²) in [4.78, 5) is 6.67. The van der Waals surface area contributed by atoms with E-state index < -0.39 is 5.60 Å². The number of piperidine rings is 1. The first-order chi connectivity index (χ1) is 7.97. The molecule has 3 heteroatoms. The number of hydrogen-bond donors (Lipinski definition) is 1. The minimum Gasteiger partial charge on any atom is -0.390 e. The van der Waals surface area contributed by atoms with Gasteiger partial charge >= 0.3 is 0 Å². The first kappa shape index (κ1) is 12.4. The minimum absolute atomic E-state index is 0.345. The molecule has 0 amide bonds. The average Bonchev–Trinajstić information content (AvgIpc) is 2.29. The third-order valence-corrected chi connectivity index (χ3v) is 3.68. The highest BCUT2D eigenvalue weighted by Crippen LogP contribution is 2.29. The monoisotopic (exact) mass is 234 g/mol. The average molecular weight is 234 g/mol. The zero-order valence-corrected chi connectivity index (χ0v) is 11.0. The molecule has 2 rings (SSSR count). The molecule has 1 N–H and O–H groups in total. The lowest BCUT2D eigenvalue weighted by Gasteiger charge is -2.39. The molecule has 1 atom stereocenters. The highest BCUT2D eigenvalue weighted by Gasteiger charge is 2.31. The lowest BCUT2D eigenvalue weighted by Crippen LogP contribution is -2.44. The van der Waals surface area contributed by atoms with E-state index in [2.05, 4.69) is 16.0 Å². The number of rotatable bonds is 2. The van der Waals surface area contributed by atoms with Crippen LogP contribution in [-0.2, 0) is 0 Å². The van der Waals surface area contributed by atoms with Gasteiger partial charge in [0.2, 0.25) is 0 Å². The number of hydrogen-bond acceptors (Lipinski definition) is 3. The topological polar surface area (TPSA) is 36.4 Å². The number of pyridine rings is 1. The summed E-state index contributed by atoms with van der Waals surface area (Å²) in [5.74, 6) is 0.345. The predicted octanol–water partition coefficient (Wildman–Crippen LogP) is 2.38. The van der Waals surface area contributed by atoms with Crippen molar-refractivity contribution in [3.05, 3.63) is 24.0 Å². The van der Waals surface area contributed by atoms with Crippen molar-refractivity contribution in [2.45, 2.75) is 39.2 Å². The van der Waals surface area contributed by atoms with Gasteiger partial charge in [0.25, 0.3) is 0 Å². The molecule has 1 fully saturated rings. The van der Waals surface area contributed by atoms with Crippen LogP contribution in [0.25, 0.3) is 0 Å². The molecule has 1 aliphatic heterocycles. The quantitative estimate of drug-likeness (QED) is 0.853. The van der Waals surface area contributed by atoms with Crippen molar-refractivity contribution >= 4 is 5.69 Å². The molecule has 0 aromatic carbocycles. The second kappa shape index (κ2) is 4.65. The largest absolute Gasteiger partial charge is 0.390 e. The van der Waals surface area contributed by atoms with E-state index in [4.69, 9.17) is 0 Å². The van der Waals surface area contributed by atoms with Crippen molar-refractivity contribution in [3.8, 4) is 0 Å². The fourth-order valence-corrected chi connectivity index (χ4v) is 2.44. The molecule has 1 aliphatic rings. The van der Waals surface area contributed by atoms with Gasteiger partial charge in [0, 0.05) is 24.7 Å². The maximum atomic E-state index is 10.1. The van der Waals surface area contributed by atoms with Gasteiger partial charge in [-0.05, 0) is 45.7 Å². The van der Waals surface area contributed by atoms with Gasteiger partial charge in [0.1, 0.15) is 0 Å². The Balaban J connectivity index is 2.09. The summed E-state index contributed by atoms with van der Waals surface area (Å²) in [5.41, 5.74) is 1.63. The van der Waals surface area contributed by atoms with Gasteiger partial charge in [0.15, 0.2) is 0 Å². The Labute approximate surface area is 103 Å². The summed E-state index contributed by atoms with van der Waals surface area (Å²) < 4.78 is 0. The number of aliphatic hydroxyl groups is 1.